The van der Waals surface area contributed by atoms with E-state index in [9.17, 15) is 9.00 Å². The standard InChI is InChI=1S/C14H18INO3S/c1-3-7-13(15)10-20(18)16-14(17)19-11(2)12-8-5-4-6-9-12/h3-6,8-9,11,13,20H,1,7,10H2,2H3/t11-,13-/m0/s1. The fourth-order valence-electron chi connectivity index (χ4n) is 1.52. The van der Waals surface area contributed by atoms with Crippen LogP contribution in [0.2, 0.25) is 0 Å². The second kappa shape index (κ2) is 9.12. The molecule has 1 rings (SSSR count). The highest BCUT2D eigenvalue weighted by molar-refractivity contribution is 14.1. The monoisotopic (exact) mass is 407 g/mol. The van der Waals surface area contributed by atoms with Gasteiger partial charge in [0, 0.05) is 20.3 Å². The first-order chi connectivity index (χ1) is 9.52. The van der Waals surface area contributed by atoms with Gasteiger partial charge in [0.1, 0.15) is 6.10 Å². The van der Waals surface area contributed by atoms with Crippen molar-refractivity contribution in [1.82, 2.24) is 0 Å². The van der Waals surface area contributed by atoms with E-state index < -0.39 is 22.8 Å². The molecular weight excluding hydrogens is 389 g/mol. The topological polar surface area (TPSA) is 55.7 Å². The van der Waals surface area contributed by atoms with Crippen molar-refractivity contribution >= 4 is 39.3 Å². The van der Waals surface area contributed by atoms with E-state index in [0.29, 0.717) is 5.75 Å². The Morgan fingerprint density at radius 3 is 2.75 bits per heavy atom. The van der Waals surface area contributed by atoms with E-state index in [1.165, 1.54) is 0 Å². The molecule has 0 spiro atoms. The second-order valence-corrected chi connectivity index (χ2v) is 7.22. The lowest BCUT2D eigenvalue weighted by Gasteiger charge is -2.11. The average molecular weight is 407 g/mol. The van der Waals surface area contributed by atoms with Gasteiger partial charge in [-0.25, -0.2) is 4.79 Å². The van der Waals surface area contributed by atoms with E-state index in [0.717, 1.165) is 12.0 Å². The quantitative estimate of drug-likeness (QED) is 0.337. The highest BCUT2D eigenvalue weighted by Gasteiger charge is 2.11. The summed E-state index contributed by atoms with van der Waals surface area (Å²) in [5.74, 6) is 0.358. The van der Waals surface area contributed by atoms with Gasteiger partial charge in [0.05, 0.1) is 0 Å². The number of hydrogen-bond donors (Lipinski definition) is 1. The number of ether oxygens (including phenoxy) is 1. The molecule has 0 saturated heterocycles. The van der Waals surface area contributed by atoms with Crippen LogP contribution in [-0.2, 0) is 15.3 Å². The normalized spacial score (nSPS) is 15.3. The Morgan fingerprint density at radius 1 is 1.50 bits per heavy atom. The first-order valence-electron chi connectivity index (χ1n) is 6.19. The molecule has 1 amide bonds. The summed E-state index contributed by atoms with van der Waals surface area (Å²) < 4.78 is 20.6. The Balaban J connectivity index is 2.54. The molecule has 20 heavy (non-hydrogen) atoms. The Bertz CT molecular complexity index is 526. The first-order valence-corrected chi connectivity index (χ1v) is 8.84. The molecule has 0 aliphatic carbocycles. The Labute approximate surface area is 135 Å². The summed E-state index contributed by atoms with van der Waals surface area (Å²) in [7, 11) is -1.93. The number of alkyl halides is 1. The number of amides is 1. The van der Waals surface area contributed by atoms with Crippen LogP contribution in [0.5, 0.6) is 0 Å². The maximum absolute atomic E-state index is 11.7. The number of rotatable bonds is 6. The molecule has 0 aromatic heterocycles. The van der Waals surface area contributed by atoms with Crippen molar-refractivity contribution in [3.05, 3.63) is 48.6 Å². The first kappa shape index (κ1) is 17.2. The van der Waals surface area contributed by atoms with Crippen LogP contribution in [0.4, 0.5) is 4.79 Å². The van der Waals surface area contributed by atoms with Crippen LogP contribution in [-0.4, -0.2) is 20.0 Å². The zero-order valence-electron chi connectivity index (χ0n) is 11.2. The van der Waals surface area contributed by atoms with Gasteiger partial charge in [0.2, 0.25) is 0 Å². The predicted octanol–water partition coefficient (Wildman–Crippen LogP) is 3.93. The minimum absolute atomic E-state index is 0.164. The smallest absolute Gasteiger partial charge is 0.440 e. The van der Waals surface area contributed by atoms with Gasteiger partial charge in [-0.3, -0.25) is 4.21 Å². The molecular formula is C14H18INO3S. The SMILES string of the molecule is C=CC[C@H](I)C/[SH](=O)=N\C(=O)O[C@@H](C)c1ccccc1. The van der Waals surface area contributed by atoms with Gasteiger partial charge >= 0.3 is 6.09 Å². The zero-order chi connectivity index (χ0) is 15.0. The van der Waals surface area contributed by atoms with E-state index in [1.54, 1.807) is 13.0 Å². The molecule has 0 bridgehead atoms. The molecule has 4 nitrogen and oxygen atoms in total. The van der Waals surface area contributed by atoms with Crippen molar-refractivity contribution in [2.75, 3.05) is 5.75 Å². The third kappa shape index (κ3) is 6.51. The number of nitrogens with zero attached hydrogens (tertiary/aromatic N) is 1. The van der Waals surface area contributed by atoms with Crippen LogP contribution in [0.1, 0.15) is 25.0 Å². The molecule has 1 aromatic rings. The van der Waals surface area contributed by atoms with E-state index in [2.05, 4.69) is 33.5 Å². The highest BCUT2D eigenvalue weighted by Crippen LogP contribution is 2.16. The molecule has 0 aliphatic heterocycles. The fourth-order valence-corrected chi connectivity index (χ4v) is 3.69. The Morgan fingerprint density at radius 2 is 2.15 bits per heavy atom. The number of thiol groups is 1. The van der Waals surface area contributed by atoms with Crippen molar-refractivity contribution in [3.63, 3.8) is 0 Å². The molecule has 110 valence electrons. The fraction of sp³-hybridized carbons (Fsp3) is 0.357. The summed E-state index contributed by atoms with van der Waals surface area (Å²) in [6.45, 7) is 5.38. The van der Waals surface area contributed by atoms with Gasteiger partial charge in [0.25, 0.3) is 0 Å². The van der Waals surface area contributed by atoms with Crippen molar-refractivity contribution in [3.8, 4) is 0 Å². The lowest BCUT2D eigenvalue weighted by molar-refractivity contribution is 0.117. The summed E-state index contributed by atoms with van der Waals surface area (Å²) in [5.41, 5.74) is 0.879. The van der Waals surface area contributed by atoms with Crippen LogP contribution >= 0.6 is 22.6 Å². The summed E-state index contributed by atoms with van der Waals surface area (Å²) in [6.07, 6.45) is 1.33. The lowest BCUT2D eigenvalue weighted by atomic mass is 10.1. The molecule has 0 aliphatic rings. The van der Waals surface area contributed by atoms with Crippen molar-refractivity contribution in [1.29, 1.82) is 0 Å². The minimum atomic E-state index is -1.93. The third-order valence-electron chi connectivity index (χ3n) is 2.52. The maximum atomic E-state index is 11.7. The van der Waals surface area contributed by atoms with Crippen LogP contribution in [0.15, 0.2) is 47.3 Å². The van der Waals surface area contributed by atoms with Gasteiger partial charge in [0.15, 0.2) is 0 Å². The lowest BCUT2D eigenvalue weighted by Crippen LogP contribution is -2.08. The van der Waals surface area contributed by atoms with Gasteiger partial charge in [-0.15, -0.1) is 10.9 Å². The van der Waals surface area contributed by atoms with Gasteiger partial charge in [-0.05, 0) is 18.9 Å². The number of hydrogen-bond acceptors (Lipinski definition) is 3. The van der Waals surface area contributed by atoms with Gasteiger partial charge in [-0.1, -0.05) is 59.0 Å². The number of benzene rings is 1. The van der Waals surface area contributed by atoms with Crippen LogP contribution in [0, 0.1) is 0 Å². The predicted molar refractivity (Wildman–Crippen MR) is 90.8 cm³/mol. The third-order valence-corrected chi connectivity index (χ3v) is 5.30. The molecule has 0 fully saturated rings. The molecule has 6 heteroatoms. The largest absolute Gasteiger partial charge is 0.442 e. The number of carbonyl (C=O) groups is 1. The summed E-state index contributed by atoms with van der Waals surface area (Å²) in [5, 5.41) is 0. The van der Waals surface area contributed by atoms with Crippen molar-refractivity contribution < 1.29 is 13.7 Å². The number of halogens is 1. The van der Waals surface area contributed by atoms with Crippen molar-refractivity contribution in [2.45, 2.75) is 23.4 Å². The van der Waals surface area contributed by atoms with Crippen LogP contribution in [0.25, 0.3) is 0 Å². The zero-order valence-corrected chi connectivity index (χ0v) is 14.3. The summed E-state index contributed by atoms with van der Waals surface area (Å²) in [6, 6.07) is 9.35. The maximum Gasteiger partial charge on any atom is 0.442 e. The highest BCUT2D eigenvalue weighted by atomic mass is 127. The van der Waals surface area contributed by atoms with E-state index in [1.807, 2.05) is 30.3 Å². The summed E-state index contributed by atoms with van der Waals surface area (Å²) >= 11 is 2.17. The summed E-state index contributed by atoms with van der Waals surface area (Å²) in [4.78, 5) is 11.6. The molecule has 1 aromatic carbocycles. The molecule has 0 radical (unpaired) electrons. The van der Waals surface area contributed by atoms with E-state index >= 15 is 0 Å². The van der Waals surface area contributed by atoms with E-state index in [-0.39, 0.29) is 3.92 Å². The van der Waals surface area contributed by atoms with E-state index in [4.69, 9.17) is 4.74 Å². The average Bonchev–Trinajstić information content (AvgIpc) is 2.39. The molecule has 3 atom stereocenters. The number of carbonyl (C=O) groups excluding carboxylic acids is 1. The van der Waals surface area contributed by atoms with Gasteiger partial charge < -0.3 is 4.74 Å². The molecule has 0 heterocycles. The molecule has 0 saturated carbocycles. The Kier molecular flexibility index (Phi) is 7.83. The molecule has 1 unspecified atom stereocenters. The minimum Gasteiger partial charge on any atom is -0.440 e. The Hall–Kier alpha value is -0.890. The molecule has 0 N–H and O–H groups in total. The van der Waals surface area contributed by atoms with Crippen LogP contribution in [0.3, 0.4) is 0 Å². The van der Waals surface area contributed by atoms with Gasteiger partial charge in [-0.2, -0.15) is 0 Å². The second-order valence-electron chi connectivity index (χ2n) is 4.19. The van der Waals surface area contributed by atoms with Crippen molar-refractivity contribution in [2.24, 2.45) is 4.36 Å². The van der Waals surface area contributed by atoms with Crippen LogP contribution < -0.4 is 0 Å². The number of allylic oxidation sites excluding steroid dienone is 1.